The van der Waals surface area contributed by atoms with Crippen LogP contribution in [-0.2, 0) is 17.8 Å². The molecule has 0 spiro atoms. The minimum Gasteiger partial charge on any atom is -0.350 e. The average molecular weight is 353 g/mol. The number of nitrogens with one attached hydrogen (secondary N) is 2. The molecule has 0 aliphatic carbocycles. The molecule has 26 heavy (non-hydrogen) atoms. The number of rotatable bonds is 6. The third-order valence-electron chi connectivity index (χ3n) is 3.64. The summed E-state index contributed by atoms with van der Waals surface area (Å²) in [5.74, 6) is -0.470. The Labute approximate surface area is 148 Å². The molecule has 3 aromatic rings. The molecule has 0 saturated heterocycles. The quantitative estimate of drug-likeness (QED) is 0.701. The van der Waals surface area contributed by atoms with E-state index < -0.39 is 11.4 Å². The lowest BCUT2D eigenvalue weighted by Gasteiger charge is -2.05. The fraction of sp³-hybridized carbons (Fsp3) is 0.167. The summed E-state index contributed by atoms with van der Waals surface area (Å²) >= 11 is 0. The van der Waals surface area contributed by atoms with Gasteiger partial charge in [0.15, 0.2) is 5.82 Å². The number of hydrogen-bond donors (Lipinski definition) is 2. The first kappa shape index (κ1) is 17.4. The van der Waals surface area contributed by atoms with Crippen molar-refractivity contribution in [2.75, 3.05) is 0 Å². The Morgan fingerprint density at radius 3 is 2.77 bits per heavy atom. The predicted octanol–water partition coefficient (Wildman–Crippen LogP) is 1.61. The highest BCUT2D eigenvalue weighted by Crippen LogP contribution is 2.13. The van der Waals surface area contributed by atoms with E-state index in [1.807, 2.05) is 12.1 Å². The van der Waals surface area contributed by atoms with Crippen molar-refractivity contribution in [2.24, 2.45) is 0 Å². The summed E-state index contributed by atoms with van der Waals surface area (Å²) in [6.07, 6.45) is 1.90. The summed E-state index contributed by atoms with van der Waals surface area (Å²) in [5.41, 5.74) is 0.877. The molecule has 0 atom stereocenters. The van der Waals surface area contributed by atoms with E-state index in [2.05, 4.69) is 25.5 Å². The van der Waals surface area contributed by atoms with Gasteiger partial charge >= 0.3 is 0 Å². The fourth-order valence-electron chi connectivity index (χ4n) is 2.30. The van der Waals surface area contributed by atoms with Crippen LogP contribution in [0.4, 0.5) is 4.39 Å². The lowest BCUT2D eigenvalue weighted by Crippen LogP contribution is -2.25. The molecule has 0 fully saturated rings. The van der Waals surface area contributed by atoms with Gasteiger partial charge in [0.2, 0.25) is 5.91 Å². The molecule has 0 bridgehead atoms. The maximum atomic E-state index is 13.2. The summed E-state index contributed by atoms with van der Waals surface area (Å²) in [7, 11) is 0. The van der Waals surface area contributed by atoms with Gasteiger partial charge in [0.1, 0.15) is 11.5 Å². The number of aromatic amines is 1. The van der Waals surface area contributed by atoms with Gasteiger partial charge in [0.05, 0.1) is 12.2 Å². The van der Waals surface area contributed by atoms with Crippen LogP contribution in [0.3, 0.4) is 0 Å². The van der Waals surface area contributed by atoms with Gasteiger partial charge in [0, 0.05) is 24.6 Å². The van der Waals surface area contributed by atoms with Crippen LogP contribution in [0.2, 0.25) is 0 Å². The Hall–Kier alpha value is -3.42. The second-order valence-corrected chi connectivity index (χ2v) is 5.56. The monoisotopic (exact) mass is 353 g/mol. The van der Waals surface area contributed by atoms with E-state index in [1.165, 1.54) is 18.2 Å². The molecule has 0 saturated carbocycles. The molecule has 0 aliphatic heterocycles. The number of H-pyrrole nitrogens is 1. The van der Waals surface area contributed by atoms with Gasteiger partial charge < -0.3 is 10.3 Å². The average Bonchev–Trinajstić information content (AvgIpc) is 2.66. The zero-order valence-corrected chi connectivity index (χ0v) is 13.8. The topological polar surface area (TPSA) is 101 Å². The number of halogens is 1. The van der Waals surface area contributed by atoms with Gasteiger partial charge in [-0.25, -0.2) is 4.39 Å². The number of nitrogens with zero attached hydrogens (tertiary/aromatic N) is 3. The van der Waals surface area contributed by atoms with Crippen LogP contribution in [0.25, 0.3) is 11.4 Å². The van der Waals surface area contributed by atoms with Crippen LogP contribution in [0, 0.1) is 5.82 Å². The van der Waals surface area contributed by atoms with Crippen LogP contribution < -0.4 is 10.9 Å². The molecule has 2 heterocycles. The molecule has 7 nitrogen and oxygen atoms in total. The number of amides is 1. The summed E-state index contributed by atoms with van der Waals surface area (Å²) in [5, 5.41) is 10.5. The lowest BCUT2D eigenvalue weighted by atomic mass is 10.2. The van der Waals surface area contributed by atoms with E-state index in [4.69, 9.17) is 0 Å². The molecule has 1 aromatic carbocycles. The van der Waals surface area contributed by atoms with Crippen LogP contribution in [0.5, 0.6) is 0 Å². The predicted molar refractivity (Wildman–Crippen MR) is 92.5 cm³/mol. The molecule has 0 radical (unpaired) electrons. The fourth-order valence-corrected chi connectivity index (χ4v) is 2.30. The largest absolute Gasteiger partial charge is 0.350 e. The van der Waals surface area contributed by atoms with Crippen LogP contribution in [0.1, 0.15) is 17.8 Å². The minimum absolute atomic E-state index is 0.101. The van der Waals surface area contributed by atoms with Crippen molar-refractivity contribution in [1.29, 1.82) is 0 Å². The van der Waals surface area contributed by atoms with Crippen molar-refractivity contribution < 1.29 is 9.18 Å². The van der Waals surface area contributed by atoms with E-state index >= 15 is 0 Å². The second kappa shape index (κ2) is 8.11. The van der Waals surface area contributed by atoms with Gasteiger partial charge in [-0.2, -0.15) is 0 Å². The van der Waals surface area contributed by atoms with Crippen LogP contribution in [0.15, 0.2) is 53.5 Å². The smallest absolute Gasteiger partial charge is 0.273 e. The first-order valence-electron chi connectivity index (χ1n) is 8.00. The number of carbonyl (C=O) groups is 1. The summed E-state index contributed by atoms with van der Waals surface area (Å²) in [6, 6.07) is 11.1. The molecule has 3 rings (SSSR count). The number of pyridine rings is 1. The highest BCUT2D eigenvalue weighted by atomic mass is 19.1. The Morgan fingerprint density at radius 2 is 2.04 bits per heavy atom. The van der Waals surface area contributed by atoms with E-state index in [1.54, 1.807) is 18.3 Å². The van der Waals surface area contributed by atoms with Gasteiger partial charge in [-0.3, -0.25) is 14.6 Å². The van der Waals surface area contributed by atoms with Crippen molar-refractivity contribution >= 4 is 5.91 Å². The number of aromatic nitrogens is 4. The van der Waals surface area contributed by atoms with Crippen molar-refractivity contribution in [3.8, 4) is 11.4 Å². The van der Waals surface area contributed by atoms with Crippen molar-refractivity contribution in [3.63, 3.8) is 0 Å². The van der Waals surface area contributed by atoms with Crippen LogP contribution >= 0.6 is 0 Å². The minimum atomic E-state index is -0.447. The number of aryl methyl sites for hydroxylation is 1. The number of hydrogen-bond acceptors (Lipinski definition) is 5. The normalized spacial score (nSPS) is 10.5. The number of benzene rings is 1. The molecular weight excluding hydrogens is 337 g/mol. The van der Waals surface area contributed by atoms with Gasteiger partial charge in [-0.05, 0) is 24.3 Å². The maximum absolute atomic E-state index is 13.2. The Balaban J connectivity index is 1.58. The Kier molecular flexibility index (Phi) is 5.43. The van der Waals surface area contributed by atoms with Crippen molar-refractivity contribution in [3.05, 3.63) is 76.2 Å². The molecule has 1 amide bonds. The highest BCUT2D eigenvalue weighted by Gasteiger charge is 2.10. The Bertz CT molecular complexity index is 959. The van der Waals surface area contributed by atoms with Gasteiger partial charge in [-0.1, -0.05) is 18.2 Å². The maximum Gasteiger partial charge on any atom is 0.273 e. The summed E-state index contributed by atoms with van der Waals surface area (Å²) < 4.78 is 13.2. The summed E-state index contributed by atoms with van der Waals surface area (Å²) in [4.78, 5) is 30.7. The second-order valence-electron chi connectivity index (χ2n) is 5.56. The summed E-state index contributed by atoms with van der Waals surface area (Å²) in [6.45, 7) is 0.320. The van der Waals surface area contributed by atoms with E-state index in [0.717, 1.165) is 5.69 Å². The van der Waals surface area contributed by atoms with Crippen molar-refractivity contribution in [1.82, 2.24) is 25.5 Å². The zero-order chi connectivity index (χ0) is 18.4. The molecule has 132 valence electrons. The standard InChI is InChI=1S/C18H16FN5O2/c19-13-5-3-4-12(10-13)17-22-18(26)15(23-24-17)7-8-16(25)21-11-14-6-1-2-9-20-14/h1-6,9-10H,7-8,11H2,(H,21,25)(H,22,24,26). The third kappa shape index (κ3) is 4.56. The van der Waals surface area contributed by atoms with Gasteiger partial charge in [-0.15, -0.1) is 10.2 Å². The molecule has 0 aliphatic rings. The van der Waals surface area contributed by atoms with E-state index in [-0.39, 0.29) is 30.3 Å². The van der Waals surface area contributed by atoms with Crippen LogP contribution in [-0.4, -0.2) is 26.1 Å². The molecular formula is C18H16FN5O2. The SMILES string of the molecule is O=C(CCc1nnc(-c2cccc(F)c2)[nH]c1=O)NCc1ccccn1. The molecule has 2 aromatic heterocycles. The number of carbonyl (C=O) groups excluding carboxylic acids is 1. The highest BCUT2D eigenvalue weighted by molar-refractivity contribution is 5.76. The third-order valence-corrected chi connectivity index (χ3v) is 3.64. The molecule has 2 N–H and O–H groups in total. The van der Waals surface area contributed by atoms with E-state index in [9.17, 15) is 14.0 Å². The zero-order valence-electron chi connectivity index (χ0n) is 13.8. The van der Waals surface area contributed by atoms with Gasteiger partial charge in [0.25, 0.3) is 5.56 Å². The molecule has 0 unspecified atom stereocenters. The Morgan fingerprint density at radius 1 is 1.15 bits per heavy atom. The first-order chi connectivity index (χ1) is 12.6. The first-order valence-corrected chi connectivity index (χ1v) is 8.00. The van der Waals surface area contributed by atoms with E-state index in [0.29, 0.717) is 12.1 Å². The lowest BCUT2D eigenvalue weighted by molar-refractivity contribution is -0.121. The molecule has 8 heteroatoms. The van der Waals surface area contributed by atoms with Crippen molar-refractivity contribution in [2.45, 2.75) is 19.4 Å².